The molecule has 24 heavy (non-hydrogen) atoms. The van der Waals surface area contributed by atoms with Crippen molar-refractivity contribution >= 4 is 62.7 Å². The summed E-state index contributed by atoms with van der Waals surface area (Å²) in [5.41, 5.74) is 0.909. The zero-order valence-electron chi connectivity index (χ0n) is 12.6. The second kappa shape index (κ2) is 7.20. The molecule has 0 unspecified atom stereocenters. The lowest BCUT2D eigenvalue weighted by Crippen LogP contribution is -2.36. The second-order valence-corrected chi connectivity index (χ2v) is 7.71. The number of benzene rings is 1. The highest BCUT2D eigenvalue weighted by molar-refractivity contribution is 8.26. The third kappa shape index (κ3) is 3.86. The van der Waals surface area contributed by atoms with Gasteiger partial charge in [0, 0.05) is 0 Å². The molecule has 6 nitrogen and oxygen atoms in total. The predicted octanol–water partition coefficient (Wildman–Crippen LogP) is 2.69. The van der Waals surface area contributed by atoms with E-state index >= 15 is 0 Å². The number of amides is 2. The normalized spacial score (nSPS) is 16.0. The summed E-state index contributed by atoms with van der Waals surface area (Å²) in [6.45, 7) is 1.65. The number of nitrogens with zero attached hydrogens (tertiary/aromatic N) is 3. The van der Waals surface area contributed by atoms with Gasteiger partial charge in [0.1, 0.15) is 15.9 Å². The standard InChI is InChI=1S/C15H12N4O2S3/c1-9-17-18-14(23-9)16-12(20)8-19-13(21)11(24-15(19)22)7-10-5-3-2-4-6-10/h2-7H,8H2,1H3,(H,16,18,20)/b11-7+. The first-order chi connectivity index (χ1) is 11.5. The third-order valence-electron chi connectivity index (χ3n) is 3.05. The van der Waals surface area contributed by atoms with E-state index in [1.54, 1.807) is 13.0 Å². The van der Waals surface area contributed by atoms with Crippen molar-refractivity contribution in [1.29, 1.82) is 0 Å². The highest BCUT2D eigenvalue weighted by Crippen LogP contribution is 2.32. The van der Waals surface area contributed by atoms with Gasteiger partial charge in [-0.3, -0.25) is 19.8 Å². The smallest absolute Gasteiger partial charge is 0.266 e. The average Bonchev–Trinajstić information content (AvgIpc) is 3.07. The van der Waals surface area contributed by atoms with Crippen molar-refractivity contribution < 1.29 is 9.59 Å². The highest BCUT2D eigenvalue weighted by atomic mass is 32.2. The van der Waals surface area contributed by atoms with Crippen LogP contribution in [0.2, 0.25) is 0 Å². The molecule has 1 aliphatic rings. The van der Waals surface area contributed by atoms with Crippen LogP contribution in [0, 0.1) is 6.92 Å². The van der Waals surface area contributed by atoms with Crippen LogP contribution < -0.4 is 5.32 Å². The first-order valence-corrected chi connectivity index (χ1v) is 8.97. The minimum atomic E-state index is -0.358. The number of hydrogen-bond donors (Lipinski definition) is 1. The Hall–Kier alpha value is -2.10. The van der Waals surface area contributed by atoms with Crippen LogP contribution in [-0.4, -0.2) is 37.8 Å². The number of rotatable bonds is 4. The van der Waals surface area contributed by atoms with Crippen LogP contribution in [-0.2, 0) is 9.59 Å². The molecular formula is C15H12N4O2S3. The van der Waals surface area contributed by atoms with Gasteiger partial charge >= 0.3 is 0 Å². The molecule has 1 saturated heterocycles. The van der Waals surface area contributed by atoms with E-state index in [0.29, 0.717) is 14.4 Å². The van der Waals surface area contributed by atoms with Gasteiger partial charge in [0.15, 0.2) is 0 Å². The monoisotopic (exact) mass is 376 g/mol. The van der Waals surface area contributed by atoms with Crippen LogP contribution in [0.1, 0.15) is 10.6 Å². The van der Waals surface area contributed by atoms with Crippen LogP contribution in [0.5, 0.6) is 0 Å². The number of nitrogens with one attached hydrogen (secondary N) is 1. The molecule has 1 fully saturated rings. The molecular weight excluding hydrogens is 364 g/mol. The molecule has 2 aromatic rings. The maximum Gasteiger partial charge on any atom is 0.266 e. The van der Waals surface area contributed by atoms with E-state index in [1.807, 2.05) is 30.3 Å². The van der Waals surface area contributed by atoms with Crippen LogP contribution in [0.25, 0.3) is 6.08 Å². The fourth-order valence-electron chi connectivity index (χ4n) is 1.99. The van der Waals surface area contributed by atoms with Crippen molar-refractivity contribution in [3.63, 3.8) is 0 Å². The van der Waals surface area contributed by atoms with Crippen molar-refractivity contribution in [3.8, 4) is 0 Å². The summed E-state index contributed by atoms with van der Waals surface area (Å²) in [4.78, 5) is 26.3. The minimum Gasteiger partial charge on any atom is -0.299 e. The van der Waals surface area contributed by atoms with Crippen molar-refractivity contribution in [3.05, 3.63) is 45.8 Å². The van der Waals surface area contributed by atoms with Crippen molar-refractivity contribution in [1.82, 2.24) is 15.1 Å². The SMILES string of the molecule is Cc1nnc(NC(=O)CN2C(=O)/C(=C\c3ccccc3)SC2=S)s1. The second-order valence-electron chi connectivity index (χ2n) is 4.85. The lowest BCUT2D eigenvalue weighted by Gasteiger charge is -2.13. The number of thioether (sulfide) groups is 1. The fourth-order valence-corrected chi connectivity index (χ4v) is 3.85. The highest BCUT2D eigenvalue weighted by Gasteiger charge is 2.33. The molecule has 1 aromatic heterocycles. The first-order valence-electron chi connectivity index (χ1n) is 6.93. The van der Waals surface area contributed by atoms with E-state index in [-0.39, 0.29) is 18.4 Å². The van der Waals surface area contributed by atoms with E-state index in [4.69, 9.17) is 12.2 Å². The molecule has 2 amide bonds. The van der Waals surface area contributed by atoms with Gasteiger partial charge < -0.3 is 0 Å². The summed E-state index contributed by atoms with van der Waals surface area (Å²) >= 11 is 7.68. The van der Waals surface area contributed by atoms with Gasteiger partial charge in [0.25, 0.3) is 5.91 Å². The van der Waals surface area contributed by atoms with Gasteiger partial charge in [-0.15, -0.1) is 10.2 Å². The number of carbonyl (C=O) groups excluding carboxylic acids is 2. The van der Waals surface area contributed by atoms with Crippen molar-refractivity contribution in [2.24, 2.45) is 0 Å². The van der Waals surface area contributed by atoms with E-state index in [0.717, 1.165) is 10.6 Å². The largest absolute Gasteiger partial charge is 0.299 e. The van der Waals surface area contributed by atoms with Gasteiger partial charge in [0.05, 0.1) is 4.91 Å². The zero-order valence-corrected chi connectivity index (χ0v) is 15.0. The van der Waals surface area contributed by atoms with Gasteiger partial charge in [-0.25, -0.2) is 0 Å². The summed E-state index contributed by atoms with van der Waals surface area (Å²) in [5.74, 6) is -0.624. The molecule has 0 aliphatic carbocycles. The Labute approximate surface area is 152 Å². The molecule has 0 spiro atoms. The van der Waals surface area contributed by atoms with Crippen molar-refractivity contribution in [2.75, 3.05) is 11.9 Å². The number of aryl methyl sites for hydroxylation is 1. The molecule has 0 atom stereocenters. The Kier molecular flexibility index (Phi) is 5.03. The summed E-state index contributed by atoms with van der Waals surface area (Å²) in [6.07, 6.45) is 1.77. The summed E-state index contributed by atoms with van der Waals surface area (Å²) in [6, 6.07) is 9.49. The lowest BCUT2D eigenvalue weighted by molar-refractivity contribution is -0.126. The lowest BCUT2D eigenvalue weighted by atomic mass is 10.2. The maximum absolute atomic E-state index is 12.5. The van der Waals surface area contributed by atoms with Crippen LogP contribution >= 0.6 is 35.3 Å². The maximum atomic E-state index is 12.5. The Morgan fingerprint density at radius 2 is 2.08 bits per heavy atom. The number of aromatic nitrogens is 2. The Morgan fingerprint density at radius 1 is 1.33 bits per heavy atom. The number of anilines is 1. The molecule has 9 heteroatoms. The minimum absolute atomic E-state index is 0.143. The van der Waals surface area contributed by atoms with Gasteiger partial charge in [0.2, 0.25) is 11.0 Å². The van der Waals surface area contributed by atoms with E-state index in [9.17, 15) is 9.59 Å². The number of carbonyl (C=O) groups is 2. The molecule has 0 radical (unpaired) electrons. The third-order valence-corrected chi connectivity index (χ3v) is 5.18. The van der Waals surface area contributed by atoms with Gasteiger partial charge in [-0.2, -0.15) is 0 Å². The van der Waals surface area contributed by atoms with E-state index in [2.05, 4.69) is 15.5 Å². The molecule has 3 rings (SSSR count). The number of hydrogen-bond acceptors (Lipinski definition) is 7. The summed E-state index contributed by atoms with van der Waals surface area (Å²) in [5, 5.41) is 11.4. The number of thiocarbonyl (C=S) groups is 1. The Bertz CT molecular complexity index is 832. The predicted molar refractivity (Wildman–Crippen MR) is 99.6 cm³/mol. The van der Waals surface area contributed by atoms with Crippen molar-refractivity contribution in [2.45, 2.75) is 6.92 Å². The molecule has 0 bridgehead atoms. The van der Waals surface area contributed by atoms with E-state index < -0.39 is 0 Å². The van der Waals surface area contributed by atoms with Crippen LogP contribution in [0.4, 0.5) is 5.13 Å². The molecule has 2 heterocycles. The van der Waals surface area contributed by atoms with E-state index in [1.165, 1.54) is 28.0 Å². The zero-order chi connectivity index (χ0) is 17.1. The average molecular weight is 376 g/mol. The first kappa shape index (κ1) is 16.7. The summed E-state index contributed by atoms with van der Waals surface area (Å²) < 4.78 is 0.366. The Balaban J connectivity index is 1.68. The summed E-state index contributed by atoms with van der Waals surface area (Å²) in [7, 11) is 0. The topological polar surface area (TPSA) is 75.2 Å². The molecule has 0 saturated carbocycles. The van der Waals surface area contributed by atoms with Crippen LogP contribution in [0.3, 0.4) is 0 Å². The fraction of sp³-hybridized carbons (Fsp3) is 0.133. The van der Waals surface area contributed by atoms with Gasteiger partial charge in [-0.05, 0) is 18.6 Å². The van der Waals surface area contributed by atoms with Gasteiger partial charge in [-0.1, -0.05) is 65.6 Å². The molecule has 122 valence electrons. The van der Waals surface area contributed by atoms with Crippen LogP contribution in [0.15, 0.2) is 35.2 Å². The molecule has 1 aliphatic heterocycles. The Morgan fingerprint density at radius 3 is 2.75 bits per heavy atom. The quantitative estimate of drug-likeness (QED) is 0.653. The molecule has 1 aromatic carbocycles. The molecule has 1 N–H and O–H groups in total.